The van der Waals surface area contributed by atoms with Crippen molar-refractivity contribution in [2.75, 3.05) is 6.61 Å². The zero-order chi connectivity index (χ0) is 13.3. The monoisotopic (exact) mass is 306 g/mol. The number of hydrogen-bond acceptors (Lipinski definition) is 5. The van der Waals surface area contributed by atoms with Gasteiger partial charge < -0.3 is 14.2 Å². The molecule has 0 spiro atoms. The Morgan fingerprint density at radius 1 is 1.00 bits per heavy atom. The van der Waals surface area contributed by atoms with Crippen LogP contribution >= 0.6 is 0 Å². The molecular weight excluding hydrogens is 272 g/mol. The third-order valence-corrected chi connectivity index (χ3v) is 1.75. The van der Waals surface area contributed by atoms with Crippen LogP contribution in [0.25, 0.3) is 0 Å². The van der Waals surface area contributed by atoms with E-state index in [4.69, 9.17) is 14.2 Å². The molecule has 0 bridgehead atoms. The largest absolute Gasteiger partial charge is 0.457 e. The fourth-order valence-electron chi connectivity index (χ4n) is 0.936. The lowest BCUT2D eigenvalue weighted by atomic mass is 10.4. The van der Waals surface area contributed by atoms with Gasteiger partial charge in [0.2, 0.25) is 6.29 Å². The van der Waals surface area contributed by atoms with Crippen LogP contribution in [0.4, 0.5) is 0 Å². The lowest BCUT2D eigenvalue weighted by Gasteiger charge is -2.18. The van der Waals surface area contributed by atoms with Gasteiger partial charge in [-0.15, -0.1) is 0 Å². The molecule has 0 saturated carbocycles. The van der Waals surface area contributed by atoms with E-state index in [9.17, 15) is 9.59 Å². The number of rotatable bonds is 8. The maximum absolute atomic E-state index is 10.9. The van der Waals surface area contributed by atoms with Crippen LogP contribution in [-0.4, -0.2) is 30.9 Å². The average molecular weight is 306 g/mol. The van der Waals surface area contributed by atoms with Crippen LogP contribution in [0, 0.1) is 0 Å². The van der Waals surface area contributed by atoms with Gasteiger partial charge in [-0.1, -0.05) is 49.8 Å². The molecule has 0 N–H and O–H groups in total. The van der Waals surface area contributed by atoms with Gasteiger partial charge in [0.15, 0.2) is 0 Å². The summed E-state index contributed by atoms with van der Waals surface area (Å²) in [6.45, 7) is 10.2. The second-order valence-corrected chi connectivity index (χ2v) is 3.26. The minimum atomic E-state index is -0.662. The molecule has 21 heavy (non-hydrogen) atoms. The third-order valence-electron chi connectivity index (χ3n) is 1.75. The van der Waals surface area contributed by atoms with Crippen molar-refractivity contribution in [3.63, 3.8) is 0 Å². The first-order valence-corrected chi connectivity index (χ1v) is 5.31. The highest BCUT2D eigenvalue weighted by molar-refractivity contribution is 5.81. The van der Waals surface area contributed by atoms with E-state index in [1.54, 1.807) is 13.8 Å². The van der Waals surface area contributed by atoms with Crippen molar-refractivity contribution in [1.29, 1.82) is 0 Å². The Morgan fingerprint density at radius 2 is 1.43 bits per heavy atom. The van der Waals surface area contributed by atoms with E-state index in [2.05, 4.69) is 13.2 Å². The maximum Gasteiger partial charge on any atom is 0.332 e. The summed E-state index contributed by atoms with van der Waals surface area (Å²) in [6, 6.07) is 0. The quantitative estimate of drug-likeness (QED) is 0.383. The van der Waals surface area contributed by atoms with Crippen LogP contribution in [0.2, 0.25) is 0 Å². The standard InChI is InChI=1S/C12H18O5.4CH4/c1-5-10(13)16-9(4)8-15-12(7-3)17-11(14)6-2;;;;/h5-6,9,12H,1-2,7-8H2,3-4H3;4*1H4. The van der Waals surface area contributed by atoms with Crippen LogP contribution in [0.15, 0.2) is 25.3 Å². The van der Waals surface area contributed by atoms with Crippen molar-refractivity contribution in [1.82, 2.24) is 0 Å². The molecule has 0 fully saturated rings. The topological polar surface area (TPSA) is 61.8 Å². The number of ether oxygens (including phenoxy) is 3. The first kappa shape index (κ1) is 31.7. The number of esters is 2. The highest BCUT2D eigenvalue weighted by Gasteiger charge is 2.14. The highest BCUT2D eigenvalue weighted by Crippen LogP contribution is 2.04. The van der Waals surface area contributed by atoms with Crippen molar-refractivity contribution in [3.8, 4) is 0 Å². The summed E-state index contributed by atoms with van der Waals surface area (Å²) in [5, 5.41) is 0. The fourth-order valence-corrected chi connectivity index (χ4v) is 0.936. The third kappa shape index (κ3) is 16.3. The summed E-state index contributed by atoms with van der Waals surface area (Å²) >= 11 is 0. The molecular formula is C16H34O5. The van der Waals surface area contributed by atoms with Crippen molar-refractivity contribution < 1.29 is 23.8 Å². The molecule has 0 heterocycles. The molecule has 0 aromatic rings. The molecule has 0 aromatic carbocycles. The summed E-state index contributed by atoms with van der Waals surface area (Å²) in [5.74, 6) is -1.06. The zero-order valence-corrected chi connectivity index (χ0v) is 10.2. The maximum atomic E-state index is 10.9. The van der Waals surface area contributed by atoms with Crippen LogP contribution < -0.4 is 0 Å². The normalized spacial score (nSPS) is 10.8. The molecule has 2 atom stereocenters. The molecule has 0 aliphatic rings. The molecule has 5 nitrogen and oxygen atoms in total. The van der Waals surface area contributed by atoms with E-state index in [1.807, 2.05) is 0 Å². The van der Waals surface area contributed by atoms with Crippen LogP contribution in [0.5, 0.6) is 0 Å². The molecule has 0 saturated heterocycles. The Bertz CT molecular complexity index is 286. The summed E-state index contributed by atoms with van der Waals surface area (Å²) in [7, 11) is 0. The second-order valence-electron chi connectivity index (χ2n) is 3.26. The van der Waals surface area contributed by atoms with Gasteiger partial charge in [-0.2, -0.15) is 0 Å². The van der Waals surface area contributed by atoms with Gasteiger partial charge in [-0.3, -0.25) is 0 Å². The van der Waals surface area contributed by atoms with Crippen LogP contribution in [0.1, 0.15) is 50.0 Å². The van der Waals surface area contributed by atoms with Crippen LogP contribution in [0.3, 0.4) is 0 Å². The van der Waals surface area contributed by atoms with E-state index < -0.39 is 24.3 Å². The van der Waals surface area contributed by atoms with E-state index in [0.717, 1.165) is 12.2 Å². The average Bonchev–Trinajstić information content (AvgIpc) is 2.33. The van der Waals surface area contributed by atoms with Crippen LogP contribution in [-0.2, 0) is 23.8 Å². The smallest absolute Gasteiger partial charge is 0.332 e. The Kier molecular flexibility index (Phi) is 27.7. The summed E-state index contributed by atoms with van der Waals surface area (Å²) in [4.78, 5) is 21.8. The van der Waals surface area contributed by atoms with E-state index in [1.165, 1.54) is 0 Å². The van der Waals surface area contributed by atoms with Gasteiger partial charge in [0.05, 0.1) is 6.61 Å². The first-order chi connectivity index (χ1) is 8.03. The van der Waals surface area contributed by atoms with Crippen molar-refractivity contribution >= 4 is 11.9 Å². The molecule has 0 aromatic heterocycles. The Balaban J connectivity index is -0.000000213. The molecule has 128 valence electrons. The van der Waals surface area contributed by atoms with E-state index in [0.29, 0.717) is 6.42 Å². The van der Waals surface area contributed by atoms with Crippen molar-refractivity contribution in [2.24, 2.45) is 0 Å². The summed E-state index contributed by atoms with van der Waals surface area (Å²) in [6.07, 6.45) is 1.54. The second kappa shape index (κ2) is 18.4. The minimum Gasteiger partial charge on any atom is -0.457 e. The molecule has 0 aliphatic carbocycles. The first-order valence-electron chi connectivity index (χ1n) is 5.31. The molecule has 0 amide bonds. The molecule has 0 aliphatic heterocycles. The lowest BCUT2D eigenvalue weighted by Crippen LogP contribution is -2.26. The Morgan fingerprint density at radius 3 is 1.81 bits per heavy atom. The van der Waals surface area contributed by atoms with Crippen molar-refractivity contribution in [2.45, 2.75) is 62.4 Å². The van der Waals surface area contributed by atoms with Gasteiger partial charge in [0.1, 0.15) is 6.10 Å². The van der Waals surface area contributed by atoms with E-state index in [-0.39, 0.29) is 36.3 Å². The molecule has 0 rings (SSSR count). The molecule has 2 unspecified atom stereocenters. The SMILES string of the molecule is C.C.C.C.C=CC(=O)OC(C)COC(CC)OC(=O)C=C. The zero-order valence-electron chi connectivity index (χ0n) is 10.2. The molecule has 5 heteroatoms. The summed E-state index contributed by atoms with van der Waals surface area (Å²) in [5.41, 5.74) is 0. The van der Waals surface area contributed by atoms with Gasteiger partial charge in [-0.25, -0.2) is 9.59 Å². The predicted octanol–water partition coefficient (Wildman–Crippen LogP) is 4.13. The number of carbonyl (C=O) groups excluding carboxylic acids is 2. The predicted molar refractivity (Wildman–Crippen MR) is 89.0 cm³/mol. The Hall–Kier alpha value is -1.62. The number of hydrogen-bond donors (Lipinski definition) is 0. The highest BCUT2D eigenvalue weighted by atomic mass is 16.7. The van der Waals surface area contributed by atoms with Crippen molar-refractivity contribution in [3.05, 3.63) is 25.3 Å². The summed E-state index contributed by atoms with van der Waals surface area (Å²) < 4.78 is 15.0. The van der Waals surface area contributed by atoms with Gasteiger partial charge in [-0.05, 0) is 6.92 Å². The minimum absolute atomic E-state index is 0. The lowest BCUT2D eigenvalue weighted by molar-refractivity contribution is -0.182. The molecule has 0 radical (unpaired) electrons. The number of carbonyl (C=O) groups is 2. The van der Waals surface area contributed by atoms with Gasteiger partial charge in [0.25, 0.3) is 0 Å². The van der Waals surface area contributed by atoms with Gasteiger partial charge >= 0.3 is 11.9 Å². The fraction of sp³-hybridized carbons (Fsp3) is 0.625. The van der Waals surface area contributed by atoms with Gasteiger partial charge in [0, 0.05) is 18.6 Å². The van der Waals surface area contributed by atoms with E-state index >= 15 is 0 Å². The Labute approximate surface area is 131 Å².